The monoisotopic (exact) mass is 264 g/mol. The van der Waals surface area contributed by atoms with Crippen LogP contribution in [-0.4, -0.2) is 35.3 Å². The van der Waals surface area contributed by atoms with Crippen molar-refractivity contribution in [3.63, 3.8) is 0 Å². The molecular weight excluding hydrogens is 248 g/mol. The van der Waals surface area contributed by atoms with E-state index in [1.165, 1.54) is 12.1 Å². The fourth-order valence-corrected chi connectivity index (χ4v) is 1.67. The number of hydrogen-bond acceptors (Lipinski definition) is 5. The smallest absolute Gasteiger partial charge is 0.335 e. The van der Waals surface area contributed by atoms with Gasteiger partial charge in [-0.25, -0.2) is 4.79 Å². The van der Waals surface area contributed by atoms with Crippen molar-refractivity contribution in [3.8, 4) is 0 Å². The Kier molecular flexibility index (Phi) is 4.01. The predicted octanol–water partition coefficient (Wildman–Crippen LogP) is 2.36. The number of carboxylic acid groups (broad SMARTS) is 1. The average molecular weight is 264 g/mol. The van der Waals surface area contributed by atoms with E-state index in [1.54, 1.807) is 6.07 Å². The molecule has 0 saturated heterocycles. The molecule has 0 aliphatic heterocycles. The molecule has 2 N–H and O–H groups in total. The zero-order valence-electron chi connectivity index (χ0n) is 10.8. The number of fused-ring (bicyclic) bond motifs is 1. The topological polar surface area (TPSA) is 84.6 Å². The summed E-state index contributed by atoms with van der Waals surface area (Å²) in [5.41, 5.74) is 1.25. The molecule has 6 nitrogen and oxygen atoms in total. The lowest BCUT2D eigenvalue weighted by Crippen LogP contribution is -2.21. The molecule has 0 saturated carbocycles. The Balaban J connectivity index is 2.15. The van der Waals surface area contributed by atoms with Gasteiger partial charge in [0.05, 0.1) is 18.2 Å². The summed E-state index contributed by atoms with van der Waals surface area (Å²) in [5.74, 6) is -0.988. The second-order valence-corrected chi connectivity index (χ2v) is 4.21. The Morgan fingerprint density at radius 1 is 1.58 bits per heavy atom. The lowest BCUT2D eigenvalue weighted by Gasteiger charge is -2.10. The molecule has 0 fully saturated rings. The summed E-state index contributed by atoms with van der Waals surface area (Å²) in [5, 5.41) is 12.0. The van der Waals surface area contributed by atoms with Gasteiger partial charge in [0.2, 0.25) is 0 Å². The Morgan fingerprint density at radius 3 is 3.05 bits per heavy atom. The van der Waals surface area contributed by atoms with Crippen molar-refractivity contribution in [1.29, 1.82) is 0 Å². The molecule has 1 unspecified atom stereocenters. The van der Waals surface area contributed by atoms with Crippen molar-refractivity contribution in [1.82, 2.24) is 4.98 Å². The predicted molar refractivity (Wildman–Crippen MR) is 70.5 cm³/mol. The third-order valence-electron chi connectivity index (χ3n) is 2.58. The normalized spacial score (nSPS) is 12.5. The summed E-state index contributed by atoms with van der Waals surface area (Å²) in [6, 6.07) is 5.02. The van der Waals surface area contributed by atoms with Gasteiger partial charge in [0.1, 0.15) is 5.52 Å². The van der Waals surface area contributed by atoms with Crippen LogP contribution >= 0.6 is 0 Å². The minimum absolute atomic E-state index is 0.0620. The van der Waals surface area contributed by atoms with E-state index in [0.717, 1.165) is 0 Å². The van der Waals surface area contributed by atoms with Gasteiger partial charge in [-0.15, -0.1) is 0 Å². The number of rotatable bonds is 6. The van der Waals surface area contributed by atoms with E-state index in [0.29, 0.717) is 30.3 Å². The van der Waals surface area contributed by atoms with Gasteiger partial charge in [0.15, 0.2) is 5.58 Å². The number of nitrogens with zero attached hydrogens (tertiary/aromatic N) is 1. The van der Waals surface area contributed by atoms with E-state index >= 15 is 0 Å². The van der Waals surface area contributed by atoms with Gasteiger partial charge >= 0.3 is 5.97 Å². The van der Waals surface area contributed by atoms with Crippen LogP contribution in [0.1, 0.15) is 24.2 Å². The highest BCUT2D eigenvalue weighted by molar-refractivity contribution is 5.92. The fraction of sp³-hybridized carbons (Fsp3) is 0.385. The Bertz CT molecular complexity index is 579. The second kappa shape index (κ2) is 5.71. The summed E-state index contributed by atoms with van der Waals surface area (Å²) >= 11 is 0. The number of carbonyl (C=O) groups is 1. The number of anilines is 1. The van der Waals surface area contributed by atoms with Gasteiger partial charge in [-0.3, -0.25) is 0 Å². The van der Waals surface area contributed by atoms with Crippen LogP contribution in [0.15, 0.2) is 22.6 Å². The maximum absolute atomic E-state index is 10.9. The third-order valence-corrected chi connectivity index (χ3v) is 2.58. The van der Waals surface area contributed by atoms with Gasteiger partial charge in [0.25, 0.3) is 6.01 Å². The van der Waals surface area contributed by atoms with Crippen molar-refractivity contribution >= 4 is 23.1 Å². The number of aromatic carboxylic acids is 1. The van der Waals surface area contributed by atoms with Crippen LogP contribution in [0.3, 0.4) is 0 Å². The maximum Gasteiger partial charge on any atom is 0.335 e. The highest BCUT2D eigenvalue weighted by Crippen LogP contribution is 2.20. The molecule has 0 aliphatic rings. The third kappa shape index (κ3) is 3.23. The molecular formula is C13H16N2O4. The van der Waals surface area contributed by atoms with E-state index in [-0.39, 0.29) is 11.6 Å². The molecule has 2 rings (SSSR count). The minimum Gasteiger partial charge on any atom is -0.478 e. The van der Waals surface area contributed by atoms with E-state index in [1.807, 2.05) is 13.8 Å². The van der Waals surface area contributed by atoms with Crippen LogP contribution < -0.4 is 5.32 Å². The van der Waals surface area contributed by atoms with Gasteiger partial charge in [-0.2, -0.15) is 4.98 Å². The zero-order valence-corrected chi connectivity index (χ0v) is 10.8. The molecule has 2 aromatic rings. The van der Waals surface area contributed by atoms with Crippen molar-refractivity contribution in [2.45, 2.75) is 19.9 Å². The lowest BCUT2D eigenvalue weighted by atomic mass is 10.2. The molecule has 19 heavy (non-hydrogen) atoms. The first-order valence-electron chi connectivity index (χ1n) is 6.08. The van der Waals surface area contributed by atoms with Crippen LogP contribution in [0.4, 0.5) is 6.01 Å². The second-order valence-electron chi connectivity index (χ2n) is 4.21. The molecule has 0 radical (unpaired) electrons. The van der Waals surface area contributed by atoms with Crippen molar-refractivity contribution < 1.29 is 19.1 Å². The number of aromatic nitrogens is 1. The van der Waals surface area contributed by atoms with E-state index < -0.39 is 5.97 Å². The van der Waals surface area contributed by atoms with Crippen LogP contribution in [0.2, 0.25) is 0 Å². The van der Waals surface area contributed by atoms with Gasteiger partial charge in [-0.05, 0) is 32.0 Å². The number of hydrogen-bond donors (Lipinski definition) is 2. The first-order valence-corrected chi connectivity index (χ1v) is 6.08. The molecule has 0 spiro atoms. The molecule has 1 aromatic heterocycles. The largest absolute Gasteiger partial charge is 0.478 e. The van der Waals surface area contributed by atoms with Crippen molar-refractivity contribution in [3.05, 3.63) is 23.8 Å². The highest BCUT2D eigenvalue weighted by Gasteiger charge is 2.11. The number of oxazole rings is 1. The molecule has 0 aliphatic carbocycles. The Morgan fingerprint density at radius 2 is 2.37 bits per heavy atom. The Labute approximate surface area is 110 Å². The van der Waals surface area contributed by atoms with E-state index in [9.17, 15) is 4.79 Å². The van der Waals surface area contributed by atoms with Crippen molar-refractivity contribution in [2.75, 3.05) is 18.5 Å². The van der Waals surface area contributed by atoms with E-state index in [4.69, 9.17) is 14.3 Å². The molecule has 1 atom stereocenters. The number of ether oxygens (including phenoxy) is 1. The van der Waals surface area contributed by atoms with Gasteiger partial charge in [0, 0.05) is 6.61 Å². The summed E-state index contributed by atoms with van der Waals surface area (Å²) < 4.78 is 10.8. The van der Waals surface area contributed by atoms with Crippen LogP contribution in [0.5, 0.6) is 0 Å². The highest BCUT2D eigenvalue weighted by atomic mass is 16.5. The number of benzene rings is 1. The standard InChI is InChI=1S/C13H16N2O4/c1-3-18-7-8(2)14-13-15-10-5-4-9(12(16)17)6-11(10)19-13/h4-6,8H,3,7H2,1-2H3,(H,14,15)(H,16,17). The molecule has 6 heteroatoms. The van der Waals surface area contributed by atoms with E-state index in [2.05, 4.69) is 10.3 Å². The number of nitrogens with one attached hydrogen (secondary N) is 1. The summed E-state index contributed by atoms with van der Waals surface area (Å²) in [6.07, 6.45) is 0. The molecule has 1 aromatic carbocycles. The molecule has 0 amide bonds. The van der Waals surface area contributed by atoms with Gasteiger partial charge < -0.3 is 19.6 Å². The summed E-state index contributed by atoms with van der Waals surface area (Å²) in [6.45, 7) is 5.09. The SMILES string of the molecule is CCOCC(C)Nc1nc2ccc(C(=O)O)cc2o1. The van der Waals surface area contributed by atoms with Crippen LogP contribution in [0, 0.1) is 0 Å². The van der Waals surface area contributed by atoms with Crippen LogP contribution in [-0.2, 0) is 4.74 Å². The molecule has 102 valence electrons. The summed E-state index contributed by atoms with van der Waals surface area (Å²) in [7, 11) is 0. The minimum atomic E-state index is -0.988. The molecule has 1 heterocycles. The summed E-state index contributed by atoms with van der Waals surface area (Å²) in [4.78, 5) is 15.1. The first-order chi connectivity index (χ1) is 9.10. The maximum atomic E-state index is 10.9. The van der Waals surface area contributed by atoms with Gasteiger partial charge in [-0.1, -0.05) is 0 Å². The quantitative estimate of drug-likeness (QED) is 0.833. The Hall–Kier alpha value is -2.08. The number of carboxylic acids is 1. The first kappa shape index (κ1) is 13.4. The fourth-order valence-electron chi connectivity index (χ4n) is 1.67. The average Bonchev–Trinajstić information content (AvgIpc) is 2.77. The molecule has 0 bridgehead atoms. The zero-order chi connectivity index (χ0) is 13.8. The van der Waals surface area contributed by atoms with Crippen molar-refractivity contribution in [2.24, 2.45) is 0 Å². The van der Waals surface area contributed by atoms with Crippen LogP contribution in [0.25, 0.3) is 11.1 Å². The lowest BCUT2D eigenvalue weighted by molar-refractivity contribution is 0.0697.